The summed E-state index contributed by atoms with van der Waals surface area (Å²) in [4.78, 5) is 12.2. The topological polar surface area (TPSA) is 55.8 Å². The van der Waals surface area contributed by atoms with Crippen LogP contribution in [0.2, 0.25) is 0 Å². The molecule has 4 nitrogen and oxygen atoms in total. The van der Waals surface area contributed by atoms with Crippen molar-refractivity contribution >= 4 is 12.0 Å². The van der Waals surface area contributed by atoms with Crippen LogP contribution in [0.5, 0.6) is 5.75 Å². The molecule has 0 aliphatic heterocycles. The molecule has 7 atom stereocenters. The van der Waals surface area contributed by atoms with Gasteiger partial charge in [0, 0.05) is 18.8 Å². The molecule has 0 amide bonds. The number of hydrogen-bond acceptors (Lipinski definition) is 4. The van der Waals surface area contributed by atoms with Gasteiger partial charge in [0.05, 0.1) is 12.7 Å². The molecule has 0 saturated heterocycles. The van der Waals surface area contributed by atoms with Gasteiger partial charge in [0.25, 0.3) is 0 Å². The average Bonchev–Trinajstić information content (AvgIpc) is 3.10. The molecule has 1 aromatic carbocycles. The molecule has 0 aromatic heterocycles. The number of allylic oxidation sites excluding steroid dienone is 2. The van der Waals surface area contributed by atoms with Crippen LogP contribution in [-0.2, 0) is 9.53 Å². The number of carbonyl (C=O) groups excluding carboxylic acids is 1. The molecule has 0 bridgehead atoms. The van der Waals surface area contributed by atoms with E-state index in [2.05, 4.69) is 44.7 Å². The van der Waals surface area contributed by atoms with Gasteiger partial charge in [0.15, 0.2) is 0 Å². The number of rotatable bonds is 6. The monoisotopic (exact) mass is 466 g/mol. The molecule has 1 aromatic rings. The van der Waals surface area contributed by atoms with Gasteiger partial charge in [0.1, 0.15) is 11.9 Å². The van der Waals surface area contributed by atoms with Gasteiger partial charge in [-0.25, -0.2) is 0 Å². The molecular formula is C30H42O4. The van der Waals surface area contributed by atoms with E-state index < -0.39 is 0 Å². The largest absolute Gasteiger partial charge is 0.494 e. The van der Waals surface area contributed by atoms with Crippen molar-refractivity contribution in [2.45, 2.75) is 84.8 Å². The first-order valence-electron chi connectivity index (χ1n) is 13.1. The van der Waals surface area contributed by atoms with Crippen LogP contribution in [0.3, 0.4) is 0 Å². The van der Waals surface area contributed by atoms with E-state index >= 15 is 0 Å². The summed E-state index contributed by atoms with van der Waals surface area (Å²) < 4.78 is 11.7. The van der Waals surface area contributed by atoms with Crippen LogP contribution in [0, 0.1) is 28.6 Å². The van der Waals surface area contributed by atoms with Gasteiger partial charge >= 0.3 is 5.97 Å². The summed E-state index contributed by atoms with van der Waals surface area (Å²) in [5.41, 5.74) is 2.48. The lowest BCUT2D eigenvalue weighted by molar-refractivity contribution is -0.171. The lowest BCUT2D eigenvalue weighted by atomic mass is 9.51. The minimum absolute atomic E-state index is 0.0354. The molecule has 34 heavy (non-hydrogen) atoms. The van der Waals surface area contributed by atoms with E-state index in [4.69, 9.17) is 9.47 Å². The molecule has 0 heterocycles. The molecule has 0 radical (unpaired) electrons. The van der Waals surface area contributed by atoms with Crippen LogP contribution >= 0.6 is 0 Å². The predicted octanol–water partition coefficient (Wildman–Crippen LogP) is 6.58. The highest BCUT2D eigenvalue weighted by Gasteiger charge is 2.58. The van der Waals surface area contributed by atoms with Crippen molar-refractivity contribution < 1.29 is 19.4 Å². The first kappa shape index (κ1) is 25.0. The number of ether oxygens (including phenoxy) is 2. The van der Waals surface area contributed by atoms with Crippen molar-refractivity contribution in [2.75, 3.05) is 6.61 Å². The van der Waals surface area contributed by atoms with Crippen molar-refractivity contribution in [3.63, 3.8) is 0 Å². The smallest absolute Gasteiger partial charge is 0.302 e. The van der Waals surface area contributed by atoms with E-state index in [1.165, 1.54) is 5.57 Å². The zero-order valence-corrected chi connectivity index (χ0v) is 21.4. The van der Waals surface area contributed by atoms with Crippen molar-refractivity contribution in [1.82, 2.24) is 0 Å². The van der Waals surface area contributed by atoms with Crippen molar-refractivity contribution in [1.29, 1.82) is 0 Å². The highest BCUT2D eigenvalue weighted by molar-refractivity contribution is 5.66. The predicted molar refractivity (Wildman–Crippen MR) is 136 cm³/mol. The second-order valence-electron chi connectivity index (χ2n) is 11.3. The fourth-order valence-electron chi connectivity index (χ4n) is 7.22. The standard InChI is InChI=1S/C30H42O4/c1-6-33-25-12-9-22(10-13-25)8-11-23-19-24(32)15-17-30(23,5)27-16-18-29(4)20(2)7-14-26(29)28(27)34-21(3)31/h8-13,23-24,26-28,32H,2,6-7,14-19H2,1,3-5H3/b11-8+/t23?,24?,26?,27?,28-,29?,30?/m0/s1. The molecule has 4 heteroatoms. The van der Waals surface area contributed by atoms with Crippen LogP contribution in [0.15, 0.2) is 42.5 Å². The number of carbonyl (C=O) groups is 1. The quantitative estimate of drug-likeness (QED) is 0.380. The highest BCUT2D eigenvalue weighted by atomic mass is 16.5. The Bertz CT molecular complexity index is 918. The van der Waals surface area contributed by atoms with Gasteiger partial charge < -0.3 is 14.6 Å². The van der Waals surface area contributed by atoms with Crippen molar-refractivity contribution in [2.24, 2.45) is 28.6 Å². The van der Waals surface area contributed by atoms with E-state index in [0.717, 1.165) is 56.3 Å². The number of aliphatic hydroxyl groups excluding tert-OH is 1. The summed E-state index contributed by atoms with van der Waals surface area (Å²) >= 11 is 0. The highest BCUT2D eigenvalue weighted by Crippen LogP contribution is 2.62. The number of aliphatic hydroxyl groups is 1. The molecular weight excluding hydrogens is 424 g/mol. The fourth-order valence-corrected chi connectivity index (χ4v) is 7.22. The normalized spacial score (nSPS) is 38.0. The third-order valence-electron chi connectivity index (χ3n) is 9.40. The first-order valence-corrected chi connectivity index (χ1v) is 13.1. The summed E-state index contributed by atoms with van der Waals surface area (Å²) in [5.74, 6) is 1.53. The second kappa shape index (κ2) is 9.89. The maximum atomic E-state index is 12.2. The van der Waals surface area contributed by atoms with Crippen LogP contribution in [0.4, 0.5) is 0 Å². The molecule has 3 aliphatic rings. The van der Waals surface area contributed by atoms with Gasteiger partial charge in [-0.1, -0.05) is 50.3 Å². The Labute approximate surface area is 205 Å². The number of fused-ring (bicyclic) bond motifs is 1. The Morgan fingerprint density at radius 1 is 1.15 bits per heavy atom. The minimum Gasteiger partial charge on any atom is -0.494 e. The van der Waals surface area contributed by atoms with Crippen LogP contribution in [-0.4, -0.2) is 29.9 Å². The molecule has 186 valence electrons. The minimum atomic E-state index is -0.282. The average molecular weight is 467 g/mol. The molecule has 4 rings (SSSR count). The zero-order chi connectivity index (χ0) is 24.5. The maximum absolute atomic E-state index is 12.2. The molecule has 1 N–H and O–H groups in total. The van der Waals surface area contributed by atoms with Crippen LogP contribution < -0.4 is 4.74 Å². The van der Waals surface area contributed by atoms with Gasteiger partial charge in [-0.05, 0) is 86.3 Å². The van der Waals surface area contributed by atoms with E-state index in [1.807, 2.05) is 19.1 Å². The number of benzene rings is 1. The molecule has 3 fully saturated rings. The van der Waals surface area contributed by atoms with Crippen molar-refractivity contribution in [3.8, 4) is 5.75 Å². The Balaban J connectivity index is 1.62. The second-order valence-corrected chi connectivity index (χ2v) is 11.3. The number of esters is 1. The van der Waals surface area contributed by atoms with Crippen LogP contribution in [0.25, 0.3) is 6.08 Å². The first-order chi connectivity index (χ1) is 16.2. The summed E-state index contributed by atoms with van der Waals surface area (Å²) in [6.45, 7) is 13.3. The Kier molecular flexibility index (Phi) is 7.28. The summed E-state index contributed by atoms with van der Waals surface area (Å²) in [5, 5.41) is 10.6. The maximum Gasteiger partial charge on any atom is 0.302 e. The summed E-state index contributed by atoms with van der Waals surface area (Å²) in [6.07, 6.45) is 10.8. The van der Waals surface area contributed by atoms with Gasteiger partial charge in [-0.2, -0.15) is 0 Å². The Hall–Kier alpha value is -2.07. The van der Waals surface area contributed by atoms with Crippen LogP contribution in [0.1, 0.15) is 78.2 Å². The molecule has 6 unspecified atom stereocenters. The van der Waals surface area contributed by atoms with Crippen molar-refractivity contribution in [3.05, 3.63) is 48.1 Å². The number of hydrogen-bond donors (Lipinski definition) is 1. The van der Waals surface area contributed by atoms with E-state index in [-0.39, 0.29) is 40.8 Å². The van der Waals surface area contributed by atoms with E-state index in [1.54, 1.807) is 6.92 Å². The summed E-state index contributed by atoms with van der Waals surface area (Å²) in [6, 6.07) is 8.17. The lowest BCUT2D eigenvalue weighted by Gasteiger charge is -2.55. The third-order valence-corrected chi connectivity index (χ3v) is 9.40. The SMILES string of the molecule is C=C1CCC2[C@H](OC(C)=O)C(C3(C)CCC(O)CC3/C=C/c3ccc(OCC)cc3)CCC12C. The summed E-state index contributed by atoms with van der Waals surface area (Å²) in [7, 11) is 0. The Morgan fingerprint density at radius 2 is 1.88 bits per heavy atom. The molecule has 0 spiro atoms. The zero-order valence-electron chi connectivity index (χ0n) is 21.4. The van der Waals surface area contributed by atoms with Gasteiger partial charge in [-0.3, -0.25) is 4.79 Å². The van der Waals surface area contributed by atoms with E-state index in [0.29, 0.717) is 12.5 Å². The fraction of sp³-hybridized carbons (Fsp3) is 0.633. The third kappa shape index (κ3) is 4.71. The Morgan fingerprint density at radius 3 is 2.56 bits per heavy atom. The van der Waals surface area contributed by atoms with E-state index in [9.17, 15) is 9.90 Å². The molecule has 3 aliphatic carbocycles. The van der Waals surface area contributed by atoms with Gasteiger partial charge in [-0.15, -0.1) is 0 Å². The lowest BCUT2D eigenvalue weighted by Crippen LogP contribution is -2.53. The van der Waals surface area contributed by atoms with Gasteiger partial charge in [0.2, 0.25) is 0 Å². The molecule has 3 saturated carbocycles.